The van der Waals surface area contributed by atoms with E-state index in [2.05, 4.69) is 21.5 Å². The molecule has 0 bridgehead atoms. The molecule has 1 heterocycles. The predicted octanol–water partition coefficient (Wildman–Crippen LogP) is 1.26. The molecule has 15 heavy (non-hydrogen) atoms. The molecule has 0 saturated carbocycles. The van der Waals surface area contributed by atoms with Crippen molar-refractivity contribution in [2.45, 2.75) is 6.04 Å². The standard InChI is InChI=1S/C8H9N3O3S/c1-2-3-14-7(12)6(11-13)5-4-15-8(9)10-5/h2,4,6H,1,3H2,(H2,9,10). The fourth-order valence-corrected chi connectivity index (χ4v) is 1.45. The van der Waals surface area contributed by atoms with E-state index in [-0.39, 0.29) is 17.4 Å². The highest BCUT2D eigenvalue weighted by molar-refractivity contribution is 7.13. The Balaban J connectivity index is 2.75. The van der Waals surface area contributed by atoms with E-state index in [9.17, 15) is 9.70 Å². The highest BCUT2D eigenvalue weighted by Gasteiger charge is 2.25. The van der Waals surface area contributed by atoms with Crippen molar-refractivity contribution in [3.05, 3.63) is 28.6 Å². The van der Waals surface area contributed by atoms with Gasteiger partial charge in [0, 0.05) is 5.38 Å². The number of carbonyl (C=O) groups is 1. The maximum absolute atomic E-state index is 11.3. The zero-order valence-corrected chi connectivity index (χ0v) is 8.57. The van der Waals surface area contributed by atoms with Crippen LogP contribution in [0.5, 0.6) is 0 Å². The molecular formula is C8H9N3O3S. The van der Waals surface area contributed by atoms with Gasteiger partial charge in [0.2, 0.25) is 6.04 Å². The van der Waals surface area contributed by atoms with Gasteiger partial charge in [0.1, 0.15) is 6.61 Å². The van der Waals surface area contributed by atoms with Gasteiger partial charge in [-0.15, -0.1) is 16.2 Å². The number of carbonyl (C=O) groups excluding carboxylic acids is 1. The van der Waals surface area contributed by atoms with E-state index in [1.54, 1.807) is 0 Å². The topological polar surface area (TPSA) is 94.6 Å². The van der Waals surface area contributed by atoms with Crippen LogP contribution < -0.4 is 5.73 Å². The Bertz CT molecular complexity index is 377. The molecule has 2 N–H and O–H groups in total. The lowest BCUT2D eigenvalue weighted by Crippen LogP contribution is -2.14. The van der Waals surface area contributed by atoms with Crippen LogP contribution in [0.1, 0.15) is 11.7 Å². The average Bonchev–Trinajstić information content (AvgIpc) is 2.63. The number of nitrogens with two attached hydrogens (primary N) is 1. The lowest BCUT2D eigenvalue weighted by atomic mass is 10.2. The molecule has 0 saturated heterocycles. The molecule has 0 aliphatic rings. The summed E-state index contributed by atoms with van der Waals surface area (Å²) >= 11 is 1.13. The van der Waals surface area contributed by atoms with E-state index in [1.165, 1.54) is 11.5 Å². The second-order valence-electron chi connectivity index (χ2n) is 2.54. The van der Waals surface area contributed by atoms with Gasteiger partial charge in [-0.3, -0.25) is 0 Å². The van der Waals surface area contributed by atoms with Crippen molar-refractivity contribution in [1.29, 1.82) is 0 Å². The number of esters is 1. The fourth-order valence-electron chi connectivity index (χ4n) is 0.864. The summed E-state index contributed by atoms with van der Waals surface area (Å²) in [5.74, 6) is -0.754. The number of nitroso groups, excluding NO2 is 1. The van der Waals surface area contributed by atoms with Crippen LogP contribution in [-0.2, 0) is 9.53 Å². The molecule has 6 nitrogen and oxygen atoms in total. The van der Waals surface area contributed by atoms with Crippen molar-refractivity contribution < 1.29 is 9.53 Å². The maximum Gasteiger partial charge on any atom is 0.341 e. The highest BCUT2D eigenvalue weighted by Crippen LogP contribution is 2.22. The predicted molar refractivity (Wildman–Crippen MR) is 56.2 cm³/mol. The summed E-state index contributed by atoms with van der Waals surface area (Å²) < 4.78 is 4.68. The molecule has 1 rings (SSSR count). The first-order valence-corrected chi connectivity index (χ1v) is 4.88. The normalized spacial score (nSPS) is 11.7. The fraction of sp³-hybridized carbons (Fsp3) is 0.250. The van der Waals surface area contributed by atoms with Crippen molar-refractivity contribution in [3.8, 4) is 0 Å². The molecule has 0 amide bonds. The van der Waals surface area contributed by atoms with Crippen molar-refractivity contribution in [2.24, 2.45) is 5.18 Å². The van der Waals surface area contributed by atoms with Gasteiger partial charge >= 0.3 is 5.97 Å². The minimum absolute atomic E-state index is 0.0322. The molecule has 0 aliphatic heterocycles. The monoisotopic (exact) mass is 227 g/mol. The van der Waals surface area contributed by atoms with E-state index < -0.39 is 12.0 Å². The minimum atomic E-state index is -1.25. The highest BCUT2D eigenvalue weighted by atomic mass is 32.1. The lowest BCUT2D eigenvalue weighted by Gasteiger charge is -2.04. The second kappa shape index (κ2) is 5.20. The first-order chi connectivity index (χ1) is 7.19. The third-order valence-electron chi connectivity index (χ3n) is 1.49. The first kappa shape index (κ1) is 11.3. The summed E-state index contributed by atoms with van der Waals surface area (Å²) in [5, 5.41) is 4.42. The van der Waals surface area contributed by atoms with E-state index >= 15 is 0 Å². The molecule has 1 aromatic heterocycles. The third kappa shape index (κ3) is 2.84. The maximum atomic E-state index is 11.3. The molecule has 0 spiro atoms. The van der Waals surface area contributed by atoms with Gasteiger partial charge in [-0.05, 0) is 5.18 Å². The minimum Gasteiger partial charge on any atom is -0.459 e. The SMILES string of the molecule is C=CCOC(=O)C(N=O)c1csc(N)n1. The van der Waals surface area contributed by atoms with Crippen LogP contribution in [0.2, 0.25) is 0 Å². The van der Waals surface area contributed by atoms with Crippen LogP contribution in [0.4, 0.5) is 5.13 Å². The molecule has 7 heteroatoms. The zero-order chi connectivity index (χ0) is 11.3. The van der Waals surface area contributed by atoms with Crippen LogP contribution in [0.25, 0.3) is 0 Å². The van der Waals surface area contributed by atoms with Crippen LogP contribution >= 0.6 is 11.3 Å². The van der Waals surface area contributed by atoms with Crippen molar-refractivity contribution in [2.75, 3.05) is 12.3 Å². The summed E-state index contributed by atoms with van der Waals surface area (Å²) in [7, 11) is 0. The summed E-state index contributed by atoms with van der Waals surface area (Å²) in [6.07, 6.45) is 1.40. The second-order valence-corrected chi connectivity index (χ2v) is 3.43. The average molecular weight is 227 g/mol. The molecule has 0 fully saturated rings. The van der Waals surface area contributed by atoms with Gasteiger partial charge in [0.15, 0.2) is 5.13 Å². The number of nitrogens with zero attached hydrogens (tertiary/aromatic N) is 2. The number of thiazole rings is 1. The van der Waals surface area contributed by atoms with E-state index in [0.29, 0.717) is 0 Å². The van der Waals surface area contributed by atoms with Crippen LogP contribution in [-0.4, -0.2) is 17.6 Å². The molecule has 1 aromatic rings. The van der Waals surface area contributed by atoms with Gasteiger partial charge in [-0.25, -0.2) is 9.78 Å². The number of nitrogen functional groups attached to an aromatic ring is 1. The molecule has 0 radical (unpaired) electrons. The van der Waals surface area contributed by atoms with Gasteiger partial charge < -0.3 is 10.5 Å². The molecule has 80 valence electrons. The third-order valence-corrected chi connectivity index (χ3v) is 2.18. The van der Waals surface area contributed by atoms with Gasteiger partial charge in [-0.1, -0.05) is 12.7 Å². The Labute approximate surface area is 89.7 Å². The Hall–Kier alpha value is -1.76. The van der Waals surface area contributed by atoms with Crippen molar-refractivity contribution in [1.82, 2.24) is 4.98 Å². The smallest absolute Gasteiger partial charge is 0.341 e. The Kier molecular flexibility index (Phi) is 3.92. The molecule has 0 aromatic carbocycles. The molecule has 1 atom stereocenters. The largest absolute Gasteiger partial charge is 0.459 e. The number of rotatable bonds is 5. The molecule has 1 unspecified atom stereocenters. The molecular weight excluding hydrogens is 218 g/mol. The Morgan fingerprint density at radius 1 is 1.87 bits per heavy atom. The summed E-state index contributed by atoms with van der Waals surface area (Å²) in [5.41, 5.74) is 5.58. The Morgan fingerprint density at radius 2 is 2.60 bits per heavy atom. The number of anilines is 1. The summed E-state index contributed by atoms with van der Waals surface area (Å²) in [6.45, 7) is 3.41. The van der Waals surface area contributed by atoms with Gasteiger partial charge in [0.25, 0.3) is 0 Å². The number of ether oxygens (including phenoxy) is 1. The first-order valence-electron chi connectivity index (χ1n) is 4.00. The van der Waals surface area contributed by atoms with E-state index in [4.69, 9.17) is 5.73 Å². The van der Waals surface area contributed by atoms with Crippen molar-refractivity contribution in [3.63, 3.8) is 0 Å². The van der Waals surface area contributed by atoms with Crippen LogP contribution in [0.3, 0.4) is 0 Å². The number of hydrogen-bond acceptors (Lipinski definition) is 7. The summed E-state index contributed by atoms with van der Waals surface area (Å²) in [6, 6.07) is -1.25. The summed E-state index contributed by atoms with van der Waals surface area (Å²) in [4.78, 5) is 25.6. The van der Waals surface area contributed by atoms with Crippen LogP contribution in [0, 0.1) is 4.91 Å². The van der Waals surface area contributed by atoms with E-state index in [1.807, 2.05) is 0 Å². The Morgan fingerprint density at radius 3 is 3.07 bits per heavy atom. The van der Waals surface area contributed by atoms with Gasteiger partial charge in [0.05, 0.1) is 5.69 Å². The molecule has 0 aliphatic carbocycles. The van der Waals surface area contributed by atoms with Gasteiger partial charge in [-0.2, -0.15) is 0 Å². The zero-order valence-electron chi connectivity index (χ0n) is 7.75. The van der Waals surface area contributed by atoms with Crippen LogP contribution in [0.15, 0.2) is 23.2 Å². The van der Waals surface area contributed by atoms with Crippen molar-refractivity contribution >= 4 is 22.4 Å². The number of hydrogen-bond donors (Lipinski definition) is 1. The van der Waals surface area contributed by atoms with E-state index in [0.717, 1.165) is 11.3 Å². The quantitative estimate of drug-likeness (QED) is 0.464. The lowest BCUT2D eigenvalue weighted by molar-refractivity contribution is -0.144. The number of aromatic nitrogens is 1.